The van der Waals surface area contributed by atoms with Gasteiger partial charge in [-0.15, -0.1) is 18.3 Å². The monoisotopic (exact) mass is 422 g/mol. The molecule has 0 saturated heterocycles. The third-order valence-electron chi connectivity index (χ3n) is 4.31. The van der Waals surface area contributed by atoms with Gasteiger partial charge >= 0.3 is 0 Å². The zero-order valence-electron chi connectivity index (χ0n) is 15.5. The van der Waals surface area contributed by atoms with E-state index in [2.05, 4.69) is 23.3 Å². The maximum Gasteiger partial charge on any atom is 0.255 e. The number of dihydropyridines is 1. The average Bonchev–Trinajstić information content (AvgIpc) is 2.73. The van der Waals surface area contributed by atoms with E-state index in [-0.39, 0.29) is 17.3 Å². The number of nitriles is 1. The summed E-state index contributed by atoms with van der Waals surface area (Å²) in [6.45, 7) is 3.74. The van der Waals surface area contributed by atoms with Gasteiger partial charge in [0, 0.05) is 16.5 Å². The van der Waals surface area contributed by atoms with Crippen LogP contribution >= 0.6 is 23.4 Å². The Morgan fingerprint density at radius 2 is 1.97 bits per heavy atom. The van der Waals surface area contributed by atoms with Crippen LogP contribution in [-0.4, -0.2) is 11.7 Å². The summed E-state index contributed by atoms with van der Waals surface area (Å²) in [6, 6.07) is 18.4. The van der Waals surface area contributed by atoms with Crippen LogP contribution in [0.3, 0.4) is 0 Å². The van der Waals surface area contributed by atoms with Gasteiger partial charge in [-0.2, -0.15) is 5.26 Å². The first kappa shape index (κ1) is 20.6. The van der Waals surface area contributed by atoms with Crippen molar-refractivity contribution in [1.29, 1.82) is 5.26 Å². The summed E-state index contributed by atoms with van der Waals surface area (Å²) < 4.78 is 0. The van der Waals surface area contributed by atoms with E-state index in [4.69, 9.17) is 17.3 Å². The minimum absolute atomic E-state index is 0.232. The molecule has 1 amide bonds. The molecule has 1 unspecified atom stereocenters. The molecular weight excluding hydrogens is 404 g/mol. The van der Waals surface area contributed by atoms with E-state index in [1.165, 1.54) is 11.8 Å². The third kappa shape index (κ3) is 4.65. The summed E-state index contributed by atoms with van der Waals surface area (Å²) >= 11 is 7.43. The first-order valence-electron chi connectivity index (χ1n) is 8.81. The summed E-state index contributed by atoms with van der Waals surface area (Å²) in [4.78, 5) is 13.3. The maximum absolute atomic E-state index is 13.3. The second-order valence-electron chi connectivity index (χ2n) is 6.21. The van der Waals surface area contributed by atoms with Crippen LogP contribution in [-0.2, 0) is 4.79 Å². The smallest absolute Gasteiger partial charge is 0.255 e. The van der Waals surface area contributed by atoms with Crippen molar-refractivity contribution >= 4 is 35.0 Å². The second-order valence-corrected chi connectivity index (χ2v) is 7.68. The first-order valence-corrected chi connectivity index (χ1v) is 10.2. The van der Waals surface area contributed by atoms with Crippen molar-refractivity contribution in [2.75, 3.05) is 11.1 Å². The van der Waals surface area contributed by atoms with Gasteiger partial charge in [-0.25, -0.2) is 0 Å². The molecule has 1 aliphatic heterocycles. The Hall–Kier alpha value is -3.14. The molecule has 0 fully saturated rings. The van der Waals surface area contributed by atoms with E-state index in [0.29, 0.717) is 27.1 Å². The summed E-state index contributed by atoms with van der Waals surface area (Å²) in [5.41, 5.74) is 8.27. The Morgan fingerprint density at radius 1 is 1.28 bits per heavy atom. The maximum atomic E-state index is 13.3. The summed E-state index contributed by atoms with van der Waals surface area (Å²) in [5.74, 6) is -0.118. The normalized spacial score (nSPS) is 16.1. The van der Waals surface area contributed by atoms with Gasteiger partial charge in [0.15, 0.2) is 0 Å². The quantitative estimate of drug-likeness (QED) is 0.596. The number of anilines is 1. The van der Waals surface area contributed by atoms with Crippen LogP contribution in [0.15, 0.2) is 89.2 Å². The SMILES string of the molecule is C=CCSC1=C(C(=O)Nc2ccccc2)C(c2ccc(Cl)cc2)C(C#N)=C(N)N1. The number of rotatable bonds is 6. The van der Waals surface area contributed by atoms with E-state index in [1.54, 1.807) is 42.5 Å². The number of nitrogens with one attached hydrogen (secondary N) is 2. The number of allylic oxidation sites excluding steroid dienone is 1. The van der Waals surface area contributed by atoms with Crippen LogP contribution in [0.4, 0.5) is 5.69 Å². The largest absolute Gasteiger partial charge is 0.384 e. The van der Waals surface area contributed by atoms with Crippen LogP contribution in [0.2, 0.25) is 5.02 Å². The molecule has 2 aromatic carbocycles. The number of carbonyl (C=O) groups excluding carboxylic acids is 1. The lowest BCUT2D eigenvalue weighted by Crippen LogP contribution is -2.34. The van der Waals surface area contributed by atoms with E-state index >= 15 is 0 Å². The molecular formula is C22H19ClN4OS. The molecule has 2 aromatic rings. The Kier molecular flexibility index (Phi) is 6.65. The molecule has 0 saturated carbocycles. The predicted octanol–water partition coefficient (Wildman–Crippen LogP) is 4.49. The number of hydrogen-bond acceptors (Lipinski definition) is 5. The van der Waals surface area contributed by atoms with Gasteiger partial charge in [0.25, 0.3) is 5.91 Å². The number of nitrogens with zero attached hydrogens (tertiary/aromatic N) is 1. The molecule has 0 aromatic heterocycles. The van der Waals surface area contributed by atoms with Crippen LogP contribution in [0, 0.1) is 11.3 Å². The standard InChI is InChI=1S/C22H19ClN4OS/c1-2-12-29-22-19(21(28)26-16-6-4-3-5-7-16)18(17(13-24)20(25)27-22)14-8-10-15(23)11-9-14/h2-11,18,27H,1,12,25H2,(H,26,28). The van der Waals surface area contributed by atoms with Crippen molar-refractivity contribution in [1.82, 2.24) is 5.32 Å². The molecule has 146 valence electrons. The van der Waals surface area contributed by atoms with Gasteiger partial charge in [0.2, 0.25) is 0 Å². The van der Waals surface area contributed by atoms with Crippen LogP contribution in [0.5, 0.6) is 0 Å². The number of para-hydroxylation sites is 1. The van der Waals surface area contributed by atoms with Crippen molar-refractivity contribution in [3.8, 4) is 6.07 Å². The highest BCUT2D eigenvalue weighted by atomic mass is 35.5. The molecule has 0 radical (unpaired) electrons. The van der Waals surface area contributed by atoms with Crippen LogP contribution in [0.25, 0.3) is 0 Å². The fraction of sp³-hybridized carbons (Fsp3) is 0.0909. The Labute approximate surface area is 178 Å². The molecule has 7 heteroatoms. The highest BCUT2D eigenvalue weighted by Gasteiger charge is 2.35. The Morgan fingerprint density at radius 3 is 2.59 bits per heavy atom. The molecule has 1 atom stereocenters. The molecule has 0 aliphatic carbocycles. The number of benzene rings is 2. The Bertz CT molecular complexity index is 1020. The molecule has 1 aliphatic rings. The fourth-order valence-electron chi connectivity index (χ4n) is 3.01. The Balaban J connectivity index is 2.11. The summed E-state index contributed by atoms with van der Waals surface area (Å²) in [6.07, 6.45) is 1.74. The average molecular weight is 423 g/mol. The number of hydrogen-bond donors (Lipinski definition) is 3. The van der Waals surface area contributed by atoms with Gasteiger partial charge in [-0.05, 0) is 29.8 Å². The lowest BCUT2D eigenvalue weighted by atomic mass is 9.83. The summed E-state index contributed by atoms with van der Waals surface area (Å²) in [5, 5.41) is 16.9. The molecule has 29 heavy (non-hydrogen) atoms. The third-order valence-corrected chi connectivity index (χ3v) is 5.57. The number of halogens is 1. The van der Waals surface area contributed by atoms with Crippen molar-refractivity contribution in [3.63, 3.8) is 0 Å². The van der Waals surface area contributed by atoms with E-state index < -0.39 is 5.92 Å². The zero-order valence-corrected chi connectivity index (χ0v) is 17.1. The number of amides is 1. The fourth-order valence-corrected chi connectivity index (χ4v) is 3.97. The lowest BCUT2D eigenvalue weighted by molar-refractivity contribution is -0.113. The van der Waals surface area contributed by atoms with Crippen molar-refractivity contribution < 1.29 is 4.79 Å². The minimum atomic E-state index is -0.616. The topological polar surface area (TPSA) is 90.9 Å². The molecule has 0 bridgehead atoms. The van der Waals surface area contributed by atoms with Gasteiger partial charge in [-0.3, -0.25) is 4.79 Å². The minimum Gasteiger partial charge on any atom is -0.384 e. The molecule has 4 N–H and O–H groups in total. The molecule has 1 heterocycles. The lowest BCUT2D eigenvalue weighted by Gasteiger charge is -2.29. The van der Waals surface area contributed by atoms with Gasteiger partial charge in [-0.1, -0.05) is 48.0 Å². The van der Waals surface area contributed by atoms with Crippen molar-refractivity contribution in [2.45, 2.75) is 5.92 Å². The number of nitrogens with two attached hydrogens (primary N) is 1. The highest BCUT2D eigenvalue weighted by Crippen LogP contribution is 2.40. The van der Waals surface area contributed by atoms with E-state index in [0.717, 1.165) is 5.56 Å². The highest BCUT2D eigenvalue weighted by molar-refractivity contribution is 8.03. The number of thioether (sulfide) groups is 1. The molecule has 0 spiro atoms. The van der Waals surface area contributed by atoms with Crippen molar-refractivity contribution in [3.05, 3.63) is 99.8 Å². The van der Waals surface area contributed by atoms with E-state index in [9.17, 15) is 10.1 Å². The van der Waals surface area contributed by atoms with E-state index in [1.807, 2.05) is 18.2 Å². The van der Waals surface area contributed by atoms with Gasteiger partial charge in [0.05, 0.1) is 28.2 Å². The van der Waals surface area contributed by atoms with Crippen LogP contribution in [0.1, 0.15) is 11.5 Å². The summed E-state index contributed by atoms with van der Waals surface area (Å²) in [7, 11) is 0. The van der Waals surface area contributed by atoms with Gasteiger partial charge < -0.3 is 16.4 Å². The second kappa shape index (κ2) is 9.37. The molecule has 5 nitrogen and oxygen atoms in total. The van der Waals surface area contributed by atoms with Gasteiger partial charge in [0.1, 0.15) is 5.82 Å². The molecule has 3 rings (SSSR count). The predicted molar refractivity (Wildman–Crippen MR) is 119 cm³/mol. The zero-order chi connectivity index (χ0) is 20.8. The van der Waals surface area contributed by atoms with Crippen LogP contribution < -0.4 is 16.4 Å². The first-order chi connectivity index (χ1) is 14.0. The number of carbonyl (C=O) groups is 1. The van der Waals surface area contributed by atoms with Crippen molar-refractivity contribution in [2.24, 2.45) is 5.73 Å².